The molecule has 0 radical (unpaired) electrons. The zero-order chi connectivity index (χ0) is 25.3. The molecule has 0 saturated carbocycles. The number of thiocarbonyl (C=S) groups is 1. The fourth-order valence-electron chi connectivity index (χ4n) is 2.62. The van der Waals surface area contributed by atoms with Crippen molar-refractivity contribution in [3.63, 3.8) is 0 Å². The maximum absolute atomic E-state index is 12.0. The van der Waals surface area contributed by atoms with Crippen LogP contribution >= 0.6 is 51.3 Å². The first-order valence-corrected chi connectivity index (χ1v) is 12.3. The fraction of sp³-hybridized carbons (Fsp3) is 0.348. The predicted octanol–water partition coefficient (Wildman–Crippen LogP) is 5.31. The number of ether oxygens (including phenoxy) is 2. The van der Waals surface area contributed by atoms with Crippen molar-refractivity contribution >= 4 is 68.3 Å². The fourth-order valence-corrected chi connectivity index (χ4v) is 3.74. The van der Waals surface area contributed by atoms with Gasteiger partial charge in [0.15, 0.2) is 11.7 Å². The van der Waals surface area contributed by atoms with Crippen LogP contribution in [-0.4, -0.2) is 30.1 Å². The molecular weight excluding hydrogens is 565 g/mol. The minimum atomic E-state index is -0.461. The van der Waals surface area contributed by atoms with Gasteiger partial charge in [-0.15, -0.1) is 0 Å². The average Bonchev–Trinajstić information content (AvgIpc) is 2.75. The molecule has 0 aliphatic carbocycles. The van der Waals surface area contributed by atoms with Crippen molar-refractivity contribution < 1.29 is 19.1 Å². The molecule has 184 valence electrons. The Kier molecular flexibility index (Phi) is 10.9. The van der Waals surface area contributed by atoms with E-state index in [0.717, 1.165) is 10.0 Å². The van der Waals surface area contributed by atoms with Crippen LogP contribution in [0, 0.1) is 0 Å². The number of rotatable bonds is 8. The van der Waals surface area contributed by atoms with Gasteiger partial charge < -0.3 is 14.8 Å². The summed E-state index contributed by atoms with van der Waals surface area (Å²) in [6, 6.07) is 10.6. The summed E-state index contributed by atoms with van der Waals surface area (Å²) < 4.78 is 11.8. The van der Waals surface area contributed by atoms with E-state index < -0.39 is 5.91 Å². The van der Waals surface area contributed by atoms with Crippen LogP contribution in [0.15, 0.2) is 40.9 Å². The third kappa shape index (κ3) is 9.66. The molecular formula is C23H26BrCl2N3O4S. The highest BCUT2D eigenvalue weighted by Gasteiger charge is 2.16. The first-order valence-electron chi connectivity index (χ1n) is 10.3. The van der Waals surface area contributed by atoms with Crippen molar-refractivity contribution in [2.75, 3.05) is 13.2 Å². The summed E-state index contributed by atoms with van der Waals surface area (Å²) >= 11 is 20.3. The summed E-state index contributed by atoms with van der Waals surface area (Å²) in [6.07, 6.45) is 0.610. The molecule has 2 rings (SSSR count). The number of hydrogen-bond donors (Lipinski definition) is 3. The minimum Gasteiger partial charge on any atom is -0.492 e. The van der Waals surface area contributed by atoms with Gasteiger partial charge in [-0.1, -0.05) is 50.0 Å². The van der Waals surface area contributed by atoms with Crippen LogP contribution in [0.3, 0.4) is 0 Å². The van der Waals surface area contributed by atoms with E-state index in [9.17, 15) is 9.59 Å². The number of hydrogen-bond acceptors (Lipinski definition) is 5. The number of nitrogens with one attached hydrogen (secondary N) is 3. The summed E-state index contributed by atoms with van der Waals surface area (Å²) in [5.41, 5.74) is 5.98. The second-order valence-corrected chi connectivity index (χ2v) is 10.4. The van der Waals surface area contributed by atoms with E-state index in [0.29, 0.717) is 28.0 Å². The Balaban J connectivity index is 1.64. The second-order valence-electron chi connectivity index (χ2n) is 8.26. The number of carbonyl (C=O) groups excluding carboxylic acids is 2. The lowest BCUT2D eigenvalue weighted by atomic mass is 9.87. The highest BCUT2D eigenvalue weighted by Crippen LogP contribution is 2.31. The molecule has 11 heteroatoms. The van der Waals surface area contributed by atoms with Gasteiger partial charge in [-0.25, -0.2) is 0 Å². The normalized spacial score (nSPS) is 10.9. The van der Waals surface area contributed by atoms with Crippen LogP contribution in [0.4, 0.5) is 0 Å². The molecule has 0 unspecified atom stereocenters. The van der Waals surface area contributed by atoms with Gasteiger partial charge in [0.25, 0.3) is 5.91 Å². The molecule has 0 atom stereocenters. The summed E-state index contributed by atoms with van der Waals surface area (Å²) in [7, 11) is 0. The van der Waals surface area contributed by atoms with Gasteiger partial charge in [0.05, 0.1) is 16.1 Å². The second kappa shape index (κ2) is 13.1. The zero-order valence-electron chi connectivity index (χ0n) is 19.0. The van der Waals surface area contributed by atoms with Crippen LogP contribution < -0.4 is 25.6 Å². The van der Waals surface area contributed by atoms with Gasteiger partial charge in [-0.3, -0.25) is 20.4 Å². The molecule has 0 heterocycles. The van der Waals surface area contributed by atoms with Gasteiger partial charge in [0.1, 0.15) is 11.5 Å². The topological polar surface area (TPSA) is 88.7 Å². The molecule has 3 N–H and O–H groups in total. The highest BCUT2D eigenvalue weighted by molar-refractivity contribution is 9.10. The quantitative estimate of drug-likeness (QED) is 0.219. The Hall–Kier alpha value is -2.07. The Labute approximate surface area is 223 Å². The van der Waals surface area contributed by atoms with Gasteiger partial charge in [-0.05, 0) is 75.9 Å². The minimum absolute atomic E-state index is 0.0000830. The summed E-state index contributed by atoms with van der Waals surface area (Å²) in [5.74, 6) is 0.250. The van der Waals surface area contributed by atoms with E-state index in [1.807, 2.05) is 12.1 Å². The lowest BCUT2D eigenvalue weighted by Gasteiger charge is -2.20. The third-order valence-electron chi connectivity index (χ3n) is 4.42. The molecule has 0 bridgehead atoms. The molecule has 0 aromatic heterocycles. The number of carbonyl (C=O) groups is 2. The van der Waals surface area contributed by atoms with Crippen molar-refractivity contribution in [2.24, 2.45) is 0 Å². The van der Waals surface area contributed by atoms with Gasteiger partial charge in [0, 0.05) is 11.4 Å². The molecule has 0 aliphatic rings. The van der Waals surface area contributed by atoms with Crippen molar-refractivity contribution in [3.8, 4) is 11.5 Å². The van der Waals surface area contributed by atoms with E-state index >= 15 is 0 Å². The highest BCUT2D eigenvalue weighted by atomic mass is 79.9. The van der Waals surface area contributed by atoms with Gasteiger partial charge in [0.2, 0.25) is 5.91 Å². The SMILES string of the molecule is CC(C)(C)c1ccc(OCC(=O)NNC(=S)NC(=O)CCCOc2ccc(Cl)cc2Cl)c(Br)c1. The molecule has 0 aliphatic heterocycles. The molecule has 0 saturated heterocycles. The number of halogens is 3. The lowest BCUT2D eigenvalue weighted by molar-refractivity contribution is -0.124. The van der Waals surface area contributed by atoms with Crippen LogP contribution in [-0.2, 0) is 15.0 Å². The van der Waals surface area contributed by atoms with Crippen LogP contribution in [0.25, 0.3) is 0 Å². The van der Waals surface area contributed by atoms with Crippen molar-refractivity contribution in [3.05, 3.63) is 56.5 Å². The van der Waals surface area contributed by atoms with E-state index in [1.54, 1.807) is 24.3 Å². The molecule has 2 amide bonds. The summed E-state index contributed by atoms with van der Waals surface area (Å²) in [5, 5.41) is 3.36. The van der Waals surface area contributed by atoms with E-state index in [2.05, 4.69) is 52.9 Å². The molecule has 0 fully saturated rings. The maximum Gasteiger partial charge on any atom is 0.276 e. The average molecular weight is 591 g/mol. The lowest BCUT2D eigenvalue weighted by Crippen LogP contribution is -2.49. The smallest absolute Gasteiger partial charge is 0.276 e. The number of benzene rings is 2. The Morgan fingerprint density at radius 2 is 1.71 bits per heavy atom. The van der Waals surface area contributed by atoms with Crippen molar-refractivity contribution in [1.82, 2.24) is 16.2 Å². The van der Waals surface area contributed by atoms with Gasteiger partial charge in [-0.2, -0.15) is 0 Å². The summed E-state index contributed by atoms with van der Waals surface area (Å²) in [6.45, 7) is 6.39. The summed E-state index contributed by atoms with van der Waals surface area (Å²) in [4.78, 5) is 24.0. The van der Waals surface area contributed by atoms with E-state index in [-0.39, 0.29) is 36.1 Å². The molecule has 7 nitrogen and oxygen atoms in total. The number of hydrazine groups is 1. The first kappa shape index (κ1) is 28.2. The molecule has 0 spiro atoms. The van der Waals surface area contributed by atoms with Gasteiger partial charge >= 0.3 is 0 Å². The molecule has 2 aromatic carbocycles. The van der Waals surface area contributed by atoms with E-state index in [4.69, 9.17) is 44.9 Å². The van der Waals surface area contributed by atoms with Crippen LogP contribution in [0.1, 0.15) is 39.2 Å². The first-order chi connectivity index (χ1) is 16.0. The Bertz CT molecular complexity index is 1050. The Morgan fingerprint density at radius 3 is 2.35 bits per heavy atom. The largest absolute Gasteiger partial charge is 0.492 e. The van der Waals surface area contributed by atoms with Crippen molar-refractivity contribution in [2.45, 2.75) is 39.0 Å². The third-order valence-corrected chi connectivity index (χ3v) is 5.78. The maximum atomic E-state index is 12.0. The molecule has 34 heavy (non-hydrogen) atoms. The standard InChI is InChI=1S/C23H26BrCl2N3O4S/c1-23(2,3)14-6-8-18(16(24)11-14)33-13-21(31)28-29-22(34)27-20(30)5-4-10-32-19-9-7-15(25)12-17(19)26/h6-9,11-12H,4-5,10,13H2,1-3H3,(H,28,31)(H2,27,29,30,34). The monoisotopic (exact) mass is 589 g/mol. The Morgan fingerprint density at radius 1 is 1.00 bits per heavy atom. The molecule has 2 aromatic rings. The van der Waals surface area contributed by atoms with Crippen LogP contribution in [0.2, 0.25) is 10.0 Å². The zero-order valence-corrected chi connectivity index (χ0v) is 22.9. The predicted molar refractivity (Wildman–Crippen MR) is 142 cm³/mol. The van der Waals surface area contributed by atoms with E-state index in [1.165, 1.54) is 0 Å². The van der Waals surface area contributed by atoms with Crippen molar-refractivity contribution in [1.29, 1.82) is 0 Å². The van der Waals surface area contributed by atoms with Crippen LogP contribution in [0.5, 0.6) is 11.5 Å². The number of amides is 2.